The second kappa shape index (κ2) is 10.1. The van der Waals surface area contributed by atoms with E-state index < -0.39 is 23.6 Å². The Morgan fingerprint density at radius 2 is 1.62 bits per heavy atom. The molecule has 0 aromatic heterocycles. The predicted octanol–water partition coefficient (Wildman–Crippen LogP) is 3.43. The molecule has 1 atom stereocenters. The van der Waals surface area contributed by atoms with E-state index in [9.17, 15) is 27.2 Å². The highest BCUT2D eigenvalue weighted by molar-refractivity contribution is 5.94. The van der Waals surface area contributed by atoms with Gasteiger partial charge in [0.2, 0.25) is 11.8 Å². The summed E-state index contributed by atoms with van der Waals surface area (Å²) in [4.78, 5) is 28.6. The molecule has 2 N–H and O–H groups in total. The maximum atomic E-state index is 13.2. The molecular weight excluding hydrogens is 428 g/mol. The molecule has 172 valence electrons. The number of alkyl halides is 3. The molecule has 10 heteroatoms. The monoisotopic (exact) mass is 452 g/mol. The van der Waals surface area contributed by atoms with Crippen LogP contribution in [0, 0.1) is 5.82 Å². The summed E-state index contributed by atoms with van der Waals surface area (Å²) in [6.45, 7) is 4.11. The summed E-state index contributed by atoms with van der Waals surface area (Å²) >= 11 is 0. The highest BCUT2D eigenvalue weighted by Crippen LogP contribution is 2.29. The number of amides is 2. The van der Waals surface area contributed by atoms with Crippen molar-refractivity contribution in [1.82, 2.24) is 9.80 Å². The summed E-state index contributed by atoms with van der Waals surface area (Å²) in [6.07, 6.45) is -4.43. The number of rotatable bonds is 6. The Bertz CT molecular complexity index is 942. The van der Waals surface area contributed by atoms with Gasteiger partial charge < -0.3 is 10.6 Å². The average molecular weight is 452 g/mol. The minimum Gasteiger partial charge on any atom is -0.325 e. The first kappa shape index (κ1) is 23.7. The minimum atomic E-state index is -4.43. The van der Waals surface area contributed by atoms with Crippen LogP contribution in [0.5, 0.6) is 0 Å². The molecule has 0 radical (unpaired) electrons. The molecule has 1 heterocycles. The molecule has 1 aliphatic rings. The van der Waals surface area contributed by atoms with E-state index in [4.69, 9.17) is 0 Å². The zero-order valence-electron chi connectivity index (χ0n) is 17.5. The molecule has 6 nitrogen and oxygen atoms in total. The summed E-state index contributed by atoms with van der Waals surface area (Å²) < 4.78 is 51.2. The summed E-state index contributed by atoms with van der Waals surface area (Å²) in [7, 11) is 0. The number of piperazine rings is 1. The van der Waals surface area contributed by atoms with Crippen LogP contribution in [0.1, 0.15) is 12.5 Å². The number of nitrogens with zero attached hydrogens (tertiary/aromatic N) is 2. The number of hydrogen-bond acceptors (Lipinski definition) is 4. The van der Waals surface area contributed by atoms with Crippen molar-refractivity contribution in [2.75, 3.05) is 43.4 Å². The quantitative estimate of drug-likeness (QED) is 0.660. The van der Waals surface area contributed by atoms with E-state index in [1.807, 2.05) is 9.80 Å². The lowest BCUT2D eigenvalue weighted by Gasteiger charge is -2.37. The summed E-state index contributed by atoms with van der Waals surface area (Å²) in [5, 5.41) is 5.29. The van der Waals surface area contributed by atoms with Gasteiger partial charge in [0.05, 0.1) is 18.2 Å². The topological polar surface area (TPSA) is 64.7 Å². The Kier molecular flexibility index (Phi) is 7.47. The molecule has 3 rings (SSSR count). The SMILES string of the molecule is CC(C(=O)Nc1ccc(C(F)(F)F)cc1)N1CCN(CC(=O)Nc2cccc(F)c2)CC1. The third kappa shape index (κ3) is 6.51. The summed E-state index contributed by atoms with van der Waals surface area (Å²) in [5.41, 5.74) is -0.0918. The summed E-state index contributed by atoms with van der Waals surface area (Å²) in [5.74, 6) is -1.00. The lowest BCUT2D eigenvalue weighted by molar-refractivity contribution is -0.137. The molecule has 2 amide bonds. The molecule has 2 aromatic rings. The van der Waals surface area contributed by atoms with Crippen molar-refractivity contribution in [3.05, 3.63) is 59.9 Å². The third-order valence-corrected chi connectivity index (χ3v) is 5.29. The fraction of sp³-hybridized carbons (Fsp3) is 0.364. The van der Waals surface area contributed by atoms with E-state index in [0.29, 0.717) is 37.6 Å². The average Bonchev–Trinajstić information content (AvgIpc) is 2.73. The molecule has 0 saturated carbocycles. The summed E-state index contributed by atoms with van der Waals surface area (Å²) in [6, 6.07) is 9.47. The van der Waals surface area contributed by atoms with Crippen molar-refractivity contribution in [2.45, 2.75) is 19.1 Å². The molecule has 0 aliphatic carbocycles. The Balaban J connectivity index is 1.44. The van der Waals surface area contributed by atoms with Crippen molar-refractivity contribution in [3.63, 3.8) is 0 Å². The first-order chi connectivity index (χ1) is 15.1. The van der Waals surface area contributed by atoms with E-state index in [1.54, 1.807) is 13.0 Å². The van der Waals surface area contributed by atoms with Gasteiger partial charge in [-0.05, 0) is 49.4 Å². The van der Waals surface area contributed by atoms with Crippen molar-refractivity contribution in [3.8, 4) is 0 Å². The lowest BCUT2D eigenvalue weighted by Crippen LogP contribution is -2.53. The molecule has 1 saturated heterocycles. The van der Waals surface area contributed by atoms with Gasteiger partial charge in [-0.25, -0.2) is 4.39 Å². The van der Waals surface area contributed by atoms with E-state index >= 15 is 0 Å². The largest absolute Gasteiger partial charge is 0.416 e. The van der Waals surface area contributed by atoms with E-state index in [0.717, 1.165) is 12.1 Å². The van der Waals surface area contributed by atoms with Gasteiger partial charge >= 0.3 is 6.18 Å². The second-order valence-corrected chi connectivity index (χ2v) is 7.61. The van der Waals surface area contributed by atoms with Crippen molar-refractivity contribution in [1.29, 1.82) is 0 Å². The maximum Gasteiger partial charge on any atom is 0.416 e. The highest BCUT2D eigenvalue weighted by atomic mass is 19.4. The minimum absolute atomic E-state index is 0.149. The van der Waals surface area contributed by atoms with Crippen LogP contribution in [0.15, 0.2) is 48.5 Å². The van der Waals surface area contributed by atoms with Gasteiger partial charge in [-0.3, -0.25) is 19.4 Å². The zero-order valence-corrected chi connectivity index (χ0v) is 17.5. The Labute approximate surface area is 183 Å². The van der Waals surface area contributed by atoms with Crippen LogP contribution in [0.3, 0.4) is 0 Å². The number of hydrogen-bond donors (Lipinski definition) is 2. The van der Waals surface area contributed by atoms with Crippen LogP contribution >= 0.6 is 0 Å². The Hall–Kier alpha value is -2.98. The highest BCUT2D eigenvalue weighted by Gasteiger charge is 2.30. The smallest absolute Gasteiger partial charge is 0.325 e. The van der Waals surface area contributed by atoms with Crippen molar-refractivity contribution < 1.29 is 27.2 Å². The Morgan fingerprint density at radius 1 is 0.969 bits per heavy atom. The second-order valence-electron chi connectivity index (χ2n) is 7.61. The van der Waals surface area contributed by atoms with Crippen LogP contribution in [0.4, 0.5) is 28.9 Å². The number of carbonyl (C=O) groups excluding carboxylic acids is 2. The molecule has 0 bridgehead atoms. The van der Waals surface area contributed by atoms with Crippen molar-refractivity contribution in [2.24, 2.45) is 0 Å². The van der Waals surface area contributed by atoms with E-state index in [2.05, 4.69) is 10.6 Å². The predicted molar refractivity (Wildman–Crippen MR) is 113 cm³/mol. The zero-order chi connectivity index (χ0) is 23.3. The number of benzene rings is 2. The number of carbonyl (C=O) groups is 2. The number of anilines is 2. The van der Waals surface area contributed by atoms with Crippen LogP contribution in [0.25, 0.3) is 0 Å². The van der Waals surface area contributed by atoms with Gasteiger partial charge in [0.1, 0.15) is 5.82 Å². The fourth-order valence-electron chi connectivity index (χ4n) is 3.43. The van der Waals surface area contributed by atoms with Crippen LogP contribution in [-0.4, -0.2) is 60.4 Å². The van der Waals surface area contributed by atoms with E-state index in [1.165, 1.54) is 30.3 Å². The standard InChI is InChI=1S/C22H24F4N4O2/c1-15(21(32)28-18-7-5-16(6-8-18)22(24,25)26)30-11-9-29(10-12-30)14-20(31)27-19-4-2-3-17(23)13-19/h2-8,13,15H,9-12,14H2,1H3,(H,27,31)(H,28,32). The molecule has 2 aromatic carbocycles. The molecule has 32 heavy (non-hydrogen) atoms. The van der Waals surface area contributed by atoms with Gasteiger partial charge in [0.15, 0.2) is 0 Å². The first-order valence-corrected chi connectivity index (χ1v) is 10.1. The van der Waals surface area contributed by atoms with Gasteiger partial charge in [0.25, 0.3) is 0 Å². The number of nitrogens with one attached hydrogen (secondary N) is 2. The molecule has 1 fully saturated rings. The van der Waals surface area contributed by atoms with Gasteiger partial charge in [-0.1, -0.05) is 6.07 Å². The maximum absolute atomic E-state index is 13.2. The molecule has 0 spiro atoms. The Morgan fingerprint density at radius 3 is 2.22 bits per heavy atom. The first-order valence-electron chi connectivity index (χ1n) is 10.1. The van der Waals surface area contributed by atoms with Gasteiger partial charge in [0, 0.05) is 37.6 Å². The van der Waals surface area contributed by atoms with Crippen LogP contribution < -0.4 is 10.6 Å². The lowest BCUT2D eigenvalue weighted by atomic mass is 10.1. The molecule has 1 aliphatic heterocycles. The van der Waals surface area contributed by atoms with E-state index in [-0.39, 0.29) is 18.4 Å². The fourth-order valence-corrected chi connectivity index (χ4v) is 3.43. The van der Waals surface area contributed by atoms with Gasteiger partial charge in [-0.15, -0.1) is 0 Å². The molecular formula is C22H24F4N4O2. The van der Waals surface area contributed by atoms with Crippen molar-refractivity contribution >= 4 is 23.2 Å². The third-order valence-electron chi connectivity index (χ3n) is 5.29. The van der Waals surface area contributed by atoms with Crippen LogP contribution in [-0.2, 0) is 15.8 Å². The molecule has 1 unspecified atom stereocenters. The van der Waals surface area contributed by atoms with Crippen LogP contribution in [0.2, 0.25) is 0 Å². The van der Waals surface area contributed by atoms with Gasteiger partial charge in [-0.2, -0.15) is 13.2 Å². The number of halogens is 4. The normalized spacial score (nSPS) is 16.4.